The first-order chi connectivity index (χ1) is 15.8. The molecule has 1 saturated heterocycles. The summed E-state index contributed by atoms with van der Waals surface area (Å²) >= 11 is 0. The van der Waals surface area contributed by atoms with Crippen LogP contribution in [0, 0.1) is 0 Å². The molecule has 1 aliphatic rings. The maximum atomic E-state index is 6.00. The van der Waals surface area contributed by atoms with Gasteiger partial charge in [0, 0.05) is 45.1 Å². The van der Waals surface area contributed by atoms with Crippen molar-refractivity contribution in [1.82, 2.24) is 15.6 Å². The number of aliphatic imine (C=N–C) groups is 1. The van der Waals surface area contributed by atoms with Gasteiger partial charge in [-0.3, -0.25) is 4.99 Å². The highest BCUT2D eigenvalue weighted by atomic mass is 127. The molecule has 2 heterocycles. The lowest BCUT2D eigenvalue weighted by atomic mass is 10.2. The Balaban J connectivity index is 0.00000385. The molecule has 0 aliphatic carbocycles. The van der Waals surface area contributed by atoms with E-state index in [0.29, 0.717) is 38.0 Å². The lowest BCUT2D eigenvalue weighted by Gasteiger charge is -2.15. The summed E-state index contributed by atoms with van der Waals surface area (Å²) in [6.07, 6.45) is 4.83. The van der Waals surface area contributed by atoms with Crippen LogP contribution in [0.4, 0.5) is 0 Å². The third-order valence-corrected chi connectivity index (χ3v) is 4.89. The number of pyridine rings is 1. The van der Waals surface area contributed by atoms with Gasteiger partial charge in [-0.25, -0.2) is 4.98 Å². The number of nitrogens with one attached hydrogen (secondary N) is 2. The van der Waals surface area contributed by atoms with E-state index < -0.39 is 0 Å². The van der Waals surface area contributed by atoms with Gasteiger partial charge < -0.3 is 29.6 Å². The molecule has 1 unspecified atom stereocenters. The predicted molar refractivity (Wildman–Crippen MR) is 140 cm³/mol. The van der Waals surface area contributed by atoms with Gasteiger partial charge in [-0.15, -0.1) is 24.0 Å². The minimum absolute atomic E-state index is 0. The topological polar surface area (TPSA) is 86.2 Å². The van der Waals surface area contributed by atoms with Crippen LogP contribution in [-0.4, -0.2) is 57.1 Å². The number of ether oxygens (including phenoxy) is 4. The Labute approximate surface area is 213 Å². The summed E-state index contributed by atoms with van der Waals surface area (Å²) in [7, 11) is 1.75. The van der Waals surface area contributed by atoms with Gasteiger partial charge in [0.25, 0.3) is 0 Å². The Kier molecular flexibility index (Phi) is 12.9. The first-order valence-electron chi connectivity index (χ1n) is 11.3. The van der Waals surface area contributed by atoms with Crippen molar-refractivity contribution in [2.75, 3.05) is 40.0 Å². The normalized spacial score (nSPS) is 15.6. The minimum Gasteiger partial charge on any atom is -0.494 e. The van der Waals surface area contributed by atoms with Crippen LogP contribution in [-0.2, 0) is 16.0 Å². The molecule has 33 heavy (non-hydrogen) atoms. The van der Waals surface area contributed by atoms with E-state index in [-0.39, 0.29) is 30.1 Å². The molecule has 2 aromatic rings. The summed E-state index contributed by atoms with van der Waals surface area (Å²) in [5.41, 5.74) is 0.936. The number of hydrogen-bond donors (Lipinski definition) is 2. The Morgan fingerprint density at radius 1 is 1.15 bits per heavy atom. The van der Waals surface area contributed by atoms with E-state index in [4.69, 9.17) is 18.9 Å². The maximum absolute atomic E-state index is 6.00. The van der Waals surface area contributed by atoms with Crippen LogP contribution in [0.5, 0.6) is 17.4 Å². The molecule has 0 amide bonds. The molecule has 1 atom stereocenters. The van der Waals surface area contributed by atoms with Gasteiger partial charge in [-0.1, -0.05) is 13.0 Å². The molecular weight excluding hydrogens is 535 g/mol. The highest BCUT2D eigenvalue weighted by Gasteiger charge is 2.15. The predicted octanol–water partition coefficient (Wildman–Crippen LogP) is 4.14. The Morgan fingerprint density at radius 2 is 1.97 bits per heavy atom. The standard InChI is InChI=1S/C24H34N4O4.HI/c1-3-14-30-20-7-9-21(10-8-20)32-23-19(6-4-12-26-23)17-28-24(25-2)27-13-5-15-31-22-11-16-29-18-22;/h4,6-10,12,22H,3,5,11,13-18H2,1-2H3,(H2,25,27,28);1H. The van der Waals surface area contributed by atoms with Crippen molar-refractivity contribution in [3.63, 3.8) is 0 Å². The van der Waals surface area contributed by atoms with Gasteiger partial charge in [-0.05, 0) is 49.6 Å². The fraction of sp³-hybridized carbons (Fsp3) is 0.500. The fourth-order valence-corrected chi connectivity index (χ4v) is 3.16. The van der Waals surface area contributed by atoms with E-state index >= 15 is 0 Å². The Hall–Kier alpha value is -2.11. The summed E-state index contributed by atoms with van der Waals surface area (Å²) < 4.78 is 22.7. The van der Waals surface area contributed by atoms with E-state index in [1.165, 1.54) is 0 Å². The van der Waals surface area contributed by atoms with Gasteiger partial charge in [0.1, 0.15) is 11.5 Å². The van der Waals surface area contributed by atoms with Crippen molar-refractivity contribution in [2.45, 2.75) is 38.8 Å². The SMILES string of the molecule is CCCOc1ccc(Oc2ncccc2CNC(=NC)NCCCOC2CCOC2)cc1.I. The molecule has 3 rings (SSSR count). The summed E-state index contributed by atoms with van der Waals surface area (Å²) in [6, 6.07) is 11.5. The van der Waals surface area contributed by atoms with Gasteiger partial charge in [0.2, 0.25) is 5.88 Å². The van der Waals surface area contributed by atoms with Crippen LogP contribution in [0.3, 0.4) is 0 Å². The van der Waals surface area contributed by atoms with Crippen LogP contribution in [0.2, 0.25) is 0 Å². The molecule has 0 radical (unpaired) electrons. The third-order valence-electron chi connectivity index (χ3n) is 4.89. The molecule has 0 saturated carbocycles. The van der Waals surface area contributed by atoms with Crippen LogP contribution < -0.4 is 20.1 Å². The van der Waals surface area contributed by atoms with Crippen molar-refractivity contribution >= 4 is 29.9 Å². The number of halogens is 1. The molecule has 182 valence electrons. The summed E-state index contributed by atoms with van der Waals surface area (Å²) in [5.74, 6) is 2.83. The molecule has 2 N–H and O–H groups in total. The van der Waals surface area contributed by atoms with E-state index in [0.717, 1.165) is 49.7 Å². The first-order valence-corrected chi connectivity index (χ1v) is 11.3. The monoisotopic (exact) mass is 570 g/mol. The van der Waals surface area contributed by atoms with Gasteiger partial charge >= 0.3 is 0 Å². The average Bonchev–Trinajstić information content (AvgIpc) is 3.35. The molecule has 1 fully saturated rings. The van der Waals surface area contributed by atoms with Gasteiger partial charge in [-0.2, -0.15) is 0 Å². The first kappa shape index (κ1) is 27.1. The third kappa shape index (κ3) is 9.73. The number of rotatable bonds is 12. The second-order valence-corrected chi connectivity index (χ2v) is 7.45. The number of nitrogens with zero attached hydrogens (tertiary/aromatic N) is 2. The van der Waals surface area contributed by atoms with Crippen molar-refractivity contribution in [1.29, 1.82) is 0 Å². The molecule has 9 heteroatoms. The van der Waals surface area contributed by atoms with Crippen molar-refractivity contribution in [3.8, 4) is 17.4 Å². The zero-order valence-corrected chi connectivity index (χ0v) is 21.7. The van der Waals surface area contributed by atoms with Crippen molar-refractivity contribution in [3.05, 3.63) is 48.2 Å². The summed E-state index contributed by atoms with van der Waals surface area (Å²) in [6.45, 7) is 6.32. The summed E-state index contributed by atoms with van der Waals surface area (Å²) in [5, 5.41) is 6.62. The Morgan fingerprint density at radius 3 is 2.70 bits per heavy atom. The van der Waals surface area contributed by atoms with Gasteiger partial charge in [0.15, 0.2) is 5.96 Å². The smallest absolute Gasteiger partial charge is 0.224 e. The Bertz CT molecular complexity index is 829. The van der Waals surface area contributed by atoms with Crippen molar-refractivity contribution < 1.29 is 18.9 Å². The second kappa shape index (κ2) is 15.7. The lowest BCUT2D eigenvalue weighted by Crippen LogP contribution is -2.37. The quantitative estimate of drug-likeness (QED) is 0.172. The van der Waals surface area contributed by atoms with E-state index in [9.17, 15) is 0 Å². The maximum Gasteiger partial charge on any atom is 0.224 e. The van der Waals surface area contributed by atoms with E-state index in [1.807, 2.05) is 36.4 Å². The molecule has 0 spiro atoms. The fourth-order valence-electron chi connectivity index (χ4n) is 3.16. The average molecular weight is 570 g/mol. The largest absolute Gasteiger partial charge is 0.494 e. The number of guanidine groups is 1. The second-order valence-electron chi connectivity index (χ2n) is 7.45. The molecule has 8 nitrogen and oxygen atoms in total. The van der Waals surface area contributed by atoms with Crippen LogP contribution in [0.25, 0.3) is 0 Å². The highest BCUT2D eigenvalue weighted by molar-refractivity contribution is 14.0. The van der Waals surface area contributed by atoms with E-state index in [2.05, 4.69) is 27.5 Å². The molecule has 1 aliphatic heterocycles. The highest BCUT2D eigenvalue weighted by Crippen LogP contribution is 2.25. The number of aromatic nitrogens is 1. The number of benzene rings is 1. The molecule has 1 aromatic carbocycles. The van der Waals surface area contributed by atoms with Crippen LogP contribution in [0.15, 0.2) is 47.6 Å². The molecule has 0 bridgehead atoms. The minimum atomic E-state index is 0. The summed E-state index contributed by atoms with van der Waals surface area (Å²) in [4.78, 5) is 8.68. The molecule has 1 aromatic heterocycles. The number of hydrogen-bond acceptors (Lipinski definition) is 6. The zero-order valence-electron chi connectivity index (χ0n) is 19.4. The zero-order chi connectivity index (χ0) is 22.4. The van der Waals surface area contributed by atoms with Crippen molar-refractivity contribution in [2.24, 2.45) is 4.99 Å². The molecular formula is C24H35IN4O4. The van der Waals surface area contributed by atoms with Crippen LogP contribution in [0.1, 0.15) is 31.7 Å². The van der Waals surface area contributed by atoms with Crippen LogP contribution >= 0.6 is 24.0 Å². The van der Waals surface area contributed by atoms with Gasteiger partial charge in [0.05, 0.1) is 19.3 Å². The van der Waals surface area contributed by atoms with E-state index in [1.54, 1.807) is 13.2 Å². The lowest BCUT2D eigenvalue weighted by molar-refractivity contribution is 0.0420.